The number of aliphatic hydroxyl groups is 1. The molecule has 1 aromatic carbocycles. The number of rotatable bonds is 11. The topological polar surface area (TPSA) is 90.4 Å². The molecule has 5 rings (SSSR count). The predicted octanol–water partition coefficient (Wildman–Crippen LogP) is 4.28. The normalized spacial score (nSPS) is 29.5. The Labute approximate surface area is 254 Å². The highest BCUT2D eigenvalue weighted by Gasteiger charge is 2.71. The van der Waals surface area contributed by atoms with Crippen molar-refractivity contribution in [1.82, 2.24) is 9.80 Å². The van der Waals surface area contributed by atoms with Gasteiger partial charge in [-0.3, -0.25) is 14.4 Å². The molecule has 1 unspecified atom stereocenters. The molecular weight excluding hydrogens is 550 g/mol. The van der Waals surface area contributed by atoms with Crippen molar-refractivity contribution in [2.45, 2.75) is 75.5 Å². The summed E-state index contributed by atoms with van der Waals surface area (Å²) in [6.45, 7) is 10.1. The van der Waals surface area contributed by atoms with E-state index in [2.05, 4.69) is 32.9 Å². The zero-order valence-electron chi connectivity index (χ0n) is 25.3. The number of benzene rings is 1. The molecule has 4 aliphatic heterocycles. The summed E-state index contributed by atoms with van der Waals surface area (Å²) in [5, 5.41) is 10.3. The van der Waals surface area contributed by atoms with Crippen LogP contribution in [0.1, 0.15) is 53.4 Å². The second-order valence-corrected chi connectivity index (χ2v) is 13.7. The lowest BCUT2D eigenvalue weighted by molar-refractivity contribution is -0.146. The van der Waals surface area contributed by atoms with Crippen LogP contribution >= 0.6 is 11.8 Å². The monoisotopic (exact) mass is 595 g/mol. The Morgan fingerprint density at radius 1 is 1.02 bits per heavy atom. The van der Waals surface area contributed by atoms with Gasteiger partial charge >= 0.3 is 0 Å². The van der Waals surface area contributed by atoms with E-state index in [1.807, 2.05) is 48.2 Å². The second-order valence-electron chi connectivity index (χ2n) is 12.3. The van der Waals surface area contributed by atoms with Crippen molar-refractivity contribution in [2.24, 2.45) is 17.8 Å². The minimum absolute atomic E-state index is 0.0714. The lowest BCUT2D eigenvalue weighted by Crippen LogP contribution is -2.56. The Morgan fingerprint density at radius 3 is 2.45 bits per heavy atom. The molecule has 6 atom stereocenters. The van der Waals surface area contributed by atoms with E-state index in [4.69, 9.17) is 4.74 Å². The molecule has 0 aromatic heterocycles. The molecule has 0 saturated carbocycles. The molecule has 1 spiro atoms. The number of unbranched alkanes of at least 4 members (excludes halogenated alkanes) is 2. The minimum atomic E-state index is -0.880. The maximum absolute atomic E-state index is 14.6. The third-order valence-electron chi connectivity index (χ3n) is 9.02. The fraction of sp³-hybridized carbons (Fsp3) is 0.606. The Bertz CT molecular complexity index is 1220. The molecule has 228 valence electrons. The van der Waals surface area contributed by atoms with Crippen LogP contribution in [0.15, 0.2) is 48.6 Å². The Balaban J connectivity index is 1.55. The zero-order valence-corrected chi connectivity index (χ0v) is 26.1. The minimum Gasteiger partial charge on any atom is -0.494 e. The van der Waals surface area contributed by atoms with Crippen LogP contribution in [-0.4, -0.2) is 87.6 Å². The maximum atomic E-state index is 14.6. The number of anilines is 1. The van der Waals surface area contributed by atoms with Crippen LogP contribution in [-0.2, 0) is 14.4 Å². The van der Waals surface area contributed by atoms with Gasteiger partial charge in [-0.1, -0.05) is 57.9 Å². The fourth-order valence-corrected chi connectivity index (χ4v) is 9.20. The number of likely N-dealkylation sites (tertiary alicyclic amines) is 1. The lowest BCUT2D eigenvalue weighted by atomic mass is 9.78. The van der Waals surface area contributed by atoms with Gasteiger partial charge in [0.25, 0.3) is 0 Å². The molecular formula is C33H45N3O5S. The van der Waals surface area contributed by atoms with Gasteiger partial charge in [0.1, 0.15) is 11.8 Å². The van der Waals surface area contributed by atoms with E-state index in [9.17, 15) is 19.5 Å². The molecule has 4 aliphatic rings. The number of hydrogen-bond acceptors (Lipinski definition) is 6. The van der Waals surface area contributed by atoms with Crippen molar-refractivity contribution in [3.63, 3.8) is 0 Å². The first-order valence-electron chi connectivity index (χ1n) is 15.6. The van der Waals surface area contributed by atoms with Crippen molar-refractivity contribution in [2.75, 3.05) is 37.7 Å². The van der Waals surface area contributed by atoms with Gasteiger partial charge in [-0.05, 0) is 49.9 Å². The predicted molar refractivity (Wildman–Crippen MR) is 166 cm³/mol. The average Bonchev–Trinajstić information content (AvgIpc) is 3.29. The Morgan fingerprint density at radius 2 is 1.79 bits per heavy atom. The number of ether oxygens (including phenoxy) is 1. The van der Waals surface area contributed by atoms with Gasteiger partial charge in [0.2, 0.25) is 17.7 Å². The van der Waals surface area contributed by atoms with Crippen LogP contribution in [0.25, 0.3) is 0 Å². The van der Waals surface area contributed by atoms with Crippen LogP contribution in [0.4, 0.5) is 5.69 Å². The molecule has 2 fully saturated rings. The van der Waals surface area contributed by atoms with Gasteiger partial charge in [-0.25, -0.2) is 0 Å². The summed E-state index contributed by atoms with van der Waals surface area (Å²) in [5.74, 6) is -0.727. The Hall–Kier alpha value is -2.78. The molecule has 0 bridgehead atoms. The smallest absolute Gasteiger partial charge is 0.247 e. The van der Waals surface area contributed by atoms with Gasteiger partial charge < -0.3 is 24.5 Å². The number of carbonyl (C=O) groups excluding carboxylic acids is 3. The molecule has 4 heterocycles. The summed E-state index contributed by atoms with van der Waals surface area (Å²) in [5.41, 5.74) is 0.751. The van der Waals surface area contributed by atoms with E-state index in [0.717, 1.165) is 30.7 Å². The number of amides is 3. The number of carbonyl (C=O) groups is 3. The quantitative estimate of drug-likeness (QED) is 0.304. The van der Waals surface area contributed by atoms with Crippen molar-refractivity contribution < 1.29 is 24.2 Å². The molecule has 0 aliphatic carbocycles. The van der Waals surface area contributed by atoms with Crippen LogP contribution in [0, 0.1) is 17.8 Å². The summed E-state index contributed by atoms with van der Waals surface area (Å²) in [6, 6.07) is 6.24. The second kappa shape index (κ2) is 12.8. The maximum Gasteiger partial charge on any atom is 0.247 e. The van der Waals surface area contributed by atoms with E-state index < -0.39 is 28.7 Å². The van der Waals surface area contributed by atoms with Gasteiger partial charge in [-0.2, -0.15) is 0 Å². The van der Waals surface area contributed by atoms with Crippen molar-refractivity contribution in [1.29, 1.82) is 0 Å². The summed E-state index contributed by atoms with van der Waals surface area (Å²) in [6.07, 6.45) is 11.7. The van der Waals surface area contributed by atoms with Crippen LogP contribution in [0.5, 0.6) is 5.75 Å². The van der Waals surface area contributed by atoms with Crippen LogP contribution in [0.2, 0.25) is 0 Å². The molecule has 42 heavy (non-hydrogen) atoms. The van der Waals surface area contributed by atoms with E-state index in [-0.39, 0.29) is 35.5 Å². The van der Waals surface area contributed by atoms with Crippen LogP contribution in [0.3, 0.4) is 0 Å². The van der Waals surface area contributed by atoms with E-state index in [0.29, 0.717) is 32.7 Å². The van der Waals surface area contributed by atoms with Gasteiger partial charge in [0.15, 0.2) is 0 Å². The SMILES string of the molecule is CCCCCN1CC=C[C@]23S[C@@H]4C=CCN(c5ccc(OCC)cc5)C(=O)[C@@H]4[C@H]2C(=O)N([C@@H](CO)CC(C)C)C3C1=O. The highest BCUT2D eigenvalue weighted by Crippen LogP contribution is 2.61. The summed E-state index contributed by atoms with van der Waals surface area (Å²) in [4.78, 5) is 48.8. The van der Waals surface area contributed by atoms with E-state index in [1.165, 1.54) is 0 Å². The first kappa shape index (κ1) is 30.7. The van der Waals surface area contributed by atoms with Gasteiger partial charge in [0.05, 0.1) is 35.8 Å². The number of hydrogen-bond donors (Lipinski definition) is 1. The van der Waals surface area contributed by atoms with Crippen LogP contribution < -0.4 is 9.64 Å². The van der Waals surface area contributed by atoms with Gasteiger partial charge in [-0.15, -0.1) is 11.8 Å². The number of nitrogens with zero attached hydrogens (tertiary/aromatic N) is 3. The Kier molecular flexibility index (Phi) is 9.38. The van der Waals surface area contributed by atoms with Gasteiger partial charge in [0, 0.05) is 30.6 Å². The summed E-state index contributed by atoms with van der Waals surface area (Å²) < 4.78 is 4.72. The third-order valence-corrected chi connectivity index (χ3v) is 10.8. The first-order chi connectivity index (χ1) is 20.3. The summed E-state index contributed by atoms with van der Waals surface area (Å²) in [7, 11) is 0. The first-order valence-corrected chi connectivity index (χ1v) is 16.4. The number of fused-ring (bicyclic) bond motifs is 2. The van der Waals surface area contributed by atoms with E-state index >= 15 is 0 Å². The molecule has 3 amide bonds. The van der Waals surface area contributed by atoms with Crippen molar-refractivity contribution in [3.05, 3.63) is 48.6 Å². The van der Waals surface area contributed by atoms with Crippen molar-refractivity contribution >= 4 is 35.2 Å². The molecule has 0 radical (unpaired) electrons. The molecule has 8 nitrogen and oxygen atoms in total. The molecule has 1 aromatic rings. The summed E-state index contributed by atoms with van der Waals surface area (Å²) >= 11 is 1.59. The highest BCUT2D eigenvalue weighted by atomic mass is 32.2. The van der Waals surface area contributed by atoms with E-state index in [1.54, 1.807) is 21.6 Å². The molecule has 2 saturated heterocycles. The number of aliphatic hydroxyl groups excluding tert-OH is 1. The molecule has 1 N–H and O–H groups in total. The fourth-order valence-electron chi connectivity index (χ4n) is 7.21. The average molecular weight is 596 g/mol. The standard InChI is InChI=1S/C33H45N3O5S/c1-5-7-8-17-34-18-10-16-33-28(31(39)36(29(33)32(34)40)24(21-37)20-22(3)4)27-26(42-33)11-9-19-35(30(27)38)23-12-14-25(15-13-23)41-6-2/h9-16,22,24,26-29,37H,5-8,17-21H2,1-4H3/t24-,26-,27+,28+,29?,33+/m1/s1. The lowest BCUT2D eigenvalue weighted by Gasteiger charge is -2.39. The molecule has 9 heteroatoms. The zero-order chi connectivity index (χ0) is 30.0. The number of thioether (sulfide) groups is 1. The third kappa shape index (κ3) is 5.39. The largest absolute Gasteiger partial charge is 0.494 e. The van der Waals surface area contributed by atoms with Crippen molar-refractivity contribution in [3.8, 4) is 5.75 Å². The highest BCUT2D eigenvalue weighted by molar-refractivity contribution is 8.02.